The van der Waals surface area contributed by atoms with Crippen molar-refractivity contribution in [3.63, 3.8) is 0 Å². The normalized spacial score (nSPS) is 16.6. The van der Waals surface area contributed by atoms with Crippen LogP contribution in [0.3, 0.4) is 0 Å². The number of aromatic nitrogens is 2. The first kappa shape index (κ1) is 12.4. The molecule has 0 aliphatic carbocycles. The Labute approximate surface area is 115 Å². The largest absolute Gasteiger partial charge is 0.302 e. The highest BCUT2D eigenvalue weighted by Crippen LogP contribution is 2.25. The topological polar surface area (TPSA) is 46.1 Å². The van der Waals surface area contributed by atoms with Gasteiger partial charge >= 0.3 is 0 Å². The first-order valence-corrected chi connectivity index (χ1v) is 7.11. The van der Waals surface area contributed by atoms with Gasteiger partial charge in [0.25, 0.3) is 0 Å². The molecule has 0 saturated carbocycles. The minimum Gasteiger partial charge on any atom is -0.302 e. The third kappa shape index (κ3) is 2.43. The lowest BCUT2D eigenvalue weighted by molar-refractivity contribution is 0.101. The molecule has 4 nitrogen and oxygen atoms in total. The molecule has 0 spiro atoms. The van der Waals surface area contributed by atoms with E-state index in [1.54, 1.807) is 0 Å². The summed E-state index contributed by atoms with van der Waals surface area (Å²) in [6.07, 6.45) is 3.31. The van der Waals surface area contributed by atoms with Crippen LogP contribution in [0, 0.1) is 0 Å². The number of nitrogens with zero attached hydrogens (tertiary/aromatic N) is 3. The van der Waals surface area contributed by atoms with Crippen LogP contribution in [0.2, 0.25) is 0 Å². The molecular weight excluding hydrogens is 258 g/mol. The number of hydrogen-bond donors (Lipinski definition) is 0. The Morgan fingerprint density at radius 3 is 2.95 bits per heavy atom. The number of likely N-dealkylation sites (N-methyl/N-ethyl adjacent to an activating group) is 1. The van der Waals surface area contributed by atoms with Gasteiger partial charge in [0.1, 0.15) is 10.3 Å². The predicted octanol–water partition coefficient (Wildman–Crippen LogP) is 2.61. The monoisotopic (exact) mass is 273 g/mol. The number of rotatable bonds is 2. The van der Waals surface area contributed by atoms with Crippen molar-refractivity contribution in [3.05, 3.63) is 28.9 Å². The van der Waals surface area contributed by atoms with Crippen molar-refractivity contribution in [2.75, 3.05) is 20.1 Å². The van der Waals surface area contributed by atoms with E-state index in [0.29, 0.717) is 5.01 Å². The highest BCUT2D eigenvalue weighted by atomic mass is 32.1. The summed E-state index contributed by atoms with van der Waals surface area (Å²) < 4.78 is 0. The van der Waals surface area contributed by atoms with Crippen molar-refractivity contribution in [1.82, 2.24) is 14.9 Å². The van der Waals surface area contributed by atoms with Crippen LogP contribution in [-0.4, -0.2) is 40.8 Å². The highest BCUT2D eigenvalue weighted by Gasteiger charge is 2.14. The van der Waals surface area contributed by atoms with Gasteiger partial charge in [0.05, 0.1) is 5.69 Å². The third-order valence-electron chi connectivity index (χ3n) is 3.23. The van der Waals surface area contributed by atoms with Gasteiger partial charge in [-0.3, -0.25) is 4.79 Å². The zero-order chi connectivity index (χ0) is 13.4. The van der Waals surface area contributed by atoms with E-state index in [4.69, 9.17) is 0 Å². The second-order valence-corrected chi connectivity index (χ2v) is 5.83. The molecule has 3 heterocycles. The summed E-state index contributed by atoms with van der Waals surface area (Å²) in [5.74, 6) is 0.00108. The minimum atomic E-state index is 0.00108. The predicted molar refractivity (Wildman–Crippen MR) is 77.5 cm³/mol. The molecule has 0 radical (unpaired) electrons. The number of carbonyl (C=O) groups is 1. The number of hydrogen-bond acceptors (Lipinski definition) is 5. The summed E-state index contributed by atoms with van der Waals surface area (Å²) in [6, 6.07) is 3.95. The summed E-state index contributed by atoms with van der Waals surface area (Å²) in [7, 11) is 2.12. The van der Waals surface area contributed by atoms with Gasteiger partial charge in [-0.25, -0.2) is 9.97 Å². The molecule has 0 bridgehead atoms. The van der Waals surface area contributed by atoms with E-state index in [1.807, 2.05) is 12.1 Å². The zero-order valence-electron chi connectivity index (χ0n) is 11.0. The number of pyridine rings is 1. The third-order valence-corrected chi connectivity index (χ3v) is 4.29. The van der Waals surface area contributed by atoms with Crippen LogP contribution in [0.25, 0.3) is 15.9 Å². The molecule has 2 aromatic heterocycles. The summed E-state index contributed by atoms with van der Waals surface area (Å²) in [6.45, 7) is 3.56. The Hall–Kier alpha value is -1.59. The number of carbonyl (C=O) groups excluding carboxylic acids is 1. The molecule has 19 heavy (non-hydrogen) atoms. The molecule has 0 saturated heterocycles. The average Bonchev–Trinajstić information content (AvgIpc) is 2.81. The van der Waals surface area contributed by atoms with Gasteiger partial charge in [-0.1, -0.05) is 17.4 Å². The molecule has 0 amide bonds. The van der Waals surface area contributed by atoms with E-state index < -0.39 is 0 Å². The Morgan fingerprint density at radius 1 is 1.37 bits per heavy atom. The number of fused-ring (bicyclic) bond motifs is 1. The van der Waals surface area contributed by atoms with Gasteiger partial charge in [-0.15, -0.1) is 0 Å². The molecular formula is C14H15N3OS. The van der Waals surface area contributed by atoms with Crippen molar-refractivity contribution in [2.24, 2.45) is 0 Å². The van der Waals surface area contributed by atoms with E-state index in [9.17, 15) is 4.79 Å². The Morgan fingerprint density at radius 2 is 2.21 bits per heavy atom. The number of ketones is 1. The molecule has 2 aromatic rings. The van der Waals surface area contributed by atoms with Crippen LogP contribution >= 0.6 is 11.3 Å². The fourth-order valence-electron chi connectivity index (χ4n) is 2.23. The van der Waals surface area contributed by atoms with E-state index >= 15 is 0 Å². The fourth-order valence-corrected chi connectivity index (χ4v) is 3.06. The van der Waals surface area contributed by atoms with Crippen molar-refractivity contribution < 1.29 is 4.79 Å². The number of Topliss-reactive ketones (excluding diaryl/α,β-unsaturated/α-hetero) is 1. The van der Waals surface area contributed by atoms with Crippen LogP contribution in [0.1, 0.15) is 28.8 Å². The summed E-state index contributed by atoms with van der Waals surface area (Å²) in [5, 5.41) is 0.536. The first-order chi connectivity index (χ1) is 9.13. The van der Waals surface area contributed by atoms with Crippen LogP contribution in [0.5, 0.6) is 0 Å². The minimum absolute atomic E-state index is 0.00108. The maximum Gasteiger partial charge on any atom is 0.188 e. The van der Waals surface area contributed by atoms with Crippen molar-refractivity contribution in [1.29, 1.82) is 0 Å². The SMILES string of the molecule is CC(=O)c1nc2ccc(C3=CCCN(C)C3)nc2s1. The quantitative estimate of drug-likeness (QED) is 0.789. The van der Waals surface area contributed by atoms with Crippen LogP contribution in [0.15, 0.2) is 18.2 Å². The van der Waals surface area contributed by atoms with Crippen molar-refractivity contribution >= 4 is 33.0 Å². The molecule has 1 aliphatic heterocycles. The molecule has 1 aliphatic rings. The van der Waals surface area contributed by atoms with E-state index in [1.165, 1.54) is 23.8 Å². The second kappa shape index (κ2) is 4.83. The van der Waals surface area contributed by atoms with Crippen molar-refractivity contribution in [2.45, 2.75) is 13.3 Å². The van der Waals surface area contributed by atoms with Gasteiger partial charge in [-0.2, -0.15) is 0 Å². The van der Waals surface area contributed by atoms with Crippen molar-refractivity contribution in [3.8, 4) is 0 Å². The highest BCUT2D eigenvalue weighted by molar-refractivity contribution is 7.19. The zero-order valence-corrected chi connectivity index (χ0v) is 11.8. The van der Waals surface area contributed by atoms with E-state index in [-0.39, 0.29) is 5.78 Å². The van der Waals surface area contributed by atoms with Crippen LogP contribution in [0.4, 0.5) is 0 Å². The summed E-state index contributed by atoms with van der Waals surface area (Å²) >= 11 is 1.37. The van der Waals surface area contributed by atoms with Gasteiger partial charge in [0.15, 0.2) is 10.8 Å². The Kier molecular flexibility index (Phi) is 3.16. The maximum atomic E-state index is 11.3. The summed E-state index contributed by atoms with van der Waals surface area (Å²) in [5.41, 5.74) is 3.06. The molecule has 0 unspecified atom stereocenters. The molecule has 0 N–H and O–H groups in total. The Bertz CT molecular complexity index is 674. The van der Waals surface area contributed by atoms with E-state index in [0.717, 1.165) is 35.6 Å². The molecule has 0 fully saturated rings. The lowest BCUT2D eigenvalue weighted by Gasteiger charge is -2.22. The van der Waals surface area contributed by atoms with Gasteiger partial charge in [0, 0.05) is 20.0 Å². The van der Waals surface area contributed by atoms with Crippen LogP contribution < -0.4 is 0 Å². The molecule has 98 valence electrons. The average molecular weight is 273 g/mol. The maximum absolute atomic E-state index is 11.3. The molecule has 3 rings (SSSR count). The fraction of sp³-hybridized carbons (Fsp3) is 0.357. The van der Waals surface area contributed by atoms with Crippen LogP contribution in [-0.2, 0) is 0 Å². The molecule has 0 aromatic carbocycles. The number of thiazole rings is 1. The van der Waals surface area contributed by atoms with Gasteiger partial charge in [-0.05, 0) is 31.2 Å². The lowest BCUT2D eigenvalue weighted by atomic mass is 10.1. The van der Waals surface area contributed by atoms with Gasteiger partial charge < -0.3 is 4.90 Å². The smallest absolute Gasteiger partial charge is 0.188 e. The summed E-state index contributed by atoms with van der Waals surface area (Å²) in [4.78, 5) is 23.4. The van der Waals surface area contributed by atoms with E-state index in [2.05, 4.69) is 28.0 Å². The van der Waals surface area contributed by atoms with Gasteiger partial charge in [0.2, 0.25) is 0 Å². The lowest BCUT2D eigenvalue weighted by Crippen LogP contribution is -2.25. The second-order valence-electron chi connectivity index (χ2n) is 4.85. The Balaban J connectivity index is 2.01. The molecule has 5 heteroatoms. The first-order valence-electron chi connectivity index (χ1n) is 6.30. The standard InChI is InChI=1S/C14H15N3OS/c1-9(18)13-16-12-6-5-11(15-14(12)19-13)10-4-3-7-17(2)8-10/h4-6H,3,7-8H2,1-2H3. The molecule has 0 atom stereocenters.